The molecule has 0 radical (unpaired) electrons. The highest BCUT2D eigenvalue weighted by Crippen LogP contribution is 2.28. The zero-order valence-electron chi connectivity index (χ0n) is 8.95. The molecule has 0 bridgehead atoms. The lowest BCUT2D eigenvalue weighted by molar-refractivity contribution is 0.0141. The number of hydrogen-bond acceptors (Lipinski definition) is 3. The van der Waals surface area contributed by atoms with E-state index in [1.807, 2.05) is 0 Å². The summed E-state index contributed by atoms with van der Waals surface area (Å²) in [7, 11) is 1.78. The van der Waals surface area contributed by atoms with E-state index in [-0.39, 0.29) is 0 Å². The van der Waals surface area contributed by atoms with Gasteiger partial charge in [-0.05, 0) is 38.2 Å². The van der Waals surface area contributed by atoms with Crippen LogP contribution < -0.4 is 5.32 Å². The fourth-order valence-corrected chi connectivity index (χ4v) is 1.81. The van der Waals surface area contributed by atoms with E-state index >= 15 is 0 Å². The van der Waals surface area contributed by atoms with Gasteiger partial charge in [0, 0.05) is 15.6 Å². The number of aliphatic hydroxyl groups is 2. The van der Waals surface area contributed by atoms with E-state index in [0.29, 0.717) is 28.6 Å². The molecule has 0 fully saturated rings. The Morgan fingerprint density at radius 2 is 2.00 bits per heavy atom. The van der Waals surface area contributed by atoms with E-state index in [4.69, 9.17) is 23.2 Å². The molecule has 1 rings (SSSR count). The van der Waals surface area contributed by atoms with Crippen molar-refractivity contribution in [3.8, 4) is 0 Å². The molecule has 0 aliphatic rings. The molecule has 0 aliphatic carbocycles. The van der Waals surface area contributed by atoms with Gasteiger partial charge in [0.15, 0.2) is 0 Å². The Kier molecular flexibility index (Phi) is 5.52. The van der Waals surface area contributed by atoms with Gasteiger partial charge in [-0.3, -0.25) is 0 Å². The molecule has 0 saturated carbocycles. The summed E-state index contributed by atoms with van der Waals surface area (Å²) in [5.41, 5.74) is 0.456. The SMILES string of the molecule is CNCCC(O)C(O)c1cc(Cl)ccc1Cl. The summed E-state index contributed by atoms with van der Waals surface area (Å²) in [6.07, 6.45) is -1.43. The molecule has 0 amide bonds. The van der Waals surface area contributed by atoms with Crippen LogP contribution in [0.4, 0.5) is 0 Å². The second kappa shape index (κ2) is 6.42. The number of rotatable bonds is 5. The first-order valence-electron chi connectivity index (χ1n) is 5.02. The first-order valence-corrected chi connectivity index (χ1v) is 5.77. The van der Waals surface area contributed by atoms with Crippen molar-refractivity contribution < 1.29 is 10.2 Å². The summed E-state index contributed by atoms with van der Waals surface area (Å²) in [6, 6.07) is 4.81. The Bertz CT molecular complexity index is 347. The Hall–Kier alpha value is -0.320. The molecular formula is C11H15Cl2NO2. The average Bonchev–Trinajstić information content (AvgIpc) is 2.28. The Labute approximate surface area is 105 Å². The van der Waals surface area contributed by atoms with Gasteiger partial charge in [-0.2, -0.15) is 0 Å². The minimum atomic E-state index is -1.01. The standard InChI is InChI=1S/C11H15Cl2NO2/c1-14-5-4-10(15)11(16)8-6-7(12)2-3-9(8)13/h2-3,6,10-11,14-16H,4-5H2,1H3. The predicted octanol–water partition coefficient (Wildman–Crippen LogP) is 2.00. The van der Waals surface area contributed by atoms with Crippen molar-refractivity contribution in [1.29, 1.82) is 0 Å². The topological polar surface area (TPSA) is 52.5 Å². The maximum Gasteiger partial charge on any atom is 0.106 e. The van der Waals surface area contributed by atoms with Crippen LogP contribution in [0, 0.1) is 0 Å². The molecule has 3 N–H and O–H groups in total. The van der Waals surface area contributed by atoms with Crippen molar-refractivity contribution in [3.63, 3.8) is 0 Å². The molecule has 1 aromatic carbocycles. The lowest BCUT2D eigenvalue weighted by atomic mass is 10.0. The summed E-state index contributed by atoms with van der Waals surface area (Å²) in [5.74, 6) is 0. The van der Waals surface area contributed by atoms with Crippen LogP contribution in [-0.4, -0.2) is 29.9 Å². The van der Waals surface area contributed by atoms with E-state index in [0.717, 1.165) is 0 Å². The Morgan fingerprint density at radius 1 is 1.31 bits per heavy atom. The number of hydrogen-bond donors (Lipinski definition) is 3. The van der Waals surface area contributed by atoms with E-state index < -0.39 is 12.2 Å². The zero-order valence-corrected chi connectivity index (χ0v) is 10.5. The smallest absolute Gasteiger partial charge is 0.106 e. The normalized spacial score (nSPS) is 14.8. The largest absolute Gasteiger partial charge is 0.390 e. The first kappa shape index (κ1) is 13.7. The van der Waals surface area contributed by atoms with Gasteiger partial charge in [-0.15, -0.1) is 0 Å². The summed E-state index contributed by atoms with van der Waals surface area (Å²) in [4.78, 5) is 0. The summed E-state index contributed by atoms with van der Waals surface area (Å²) in [6.45, 7) is 0.621. The summed E-state index contributed by atoms with van der Waals surface area (Å²) >= 11 is 11.7. The molecule has 0 aliphatic heterocycles. The van der Waals surface area contributed by atoms with Crippen LogP contribution in [0.15, 0.2) is 18.2 Å². The first-order chi connectivity index (χ1) is 7.56. The molecule has 2 atom stereocenters. The fourth-order valence-electron chi connectivity index (χ4n) is 1.40. The highest BCUT2D eigenvalue weighted by atomic mass is 35.5. The van der Waals surface area contributed by atoms with Gasteiger partial charge in [0.25, 0.3) is 0 Å². The van der Waals surface area contributed by atoms with Crippen LogP contribution in [0.1, 0.15) is 18.1 Å². The third-order valence-electron chi connectivity index (χ3n) is 2.33. The predicted molar refractivity (Wildman–Crippen MR) is 66.0 cm³/mol. The summed E-state index contributed by atoms with van der Waals surface area (Å²) < 4.78 is 0. The average molecular weight is 264 g/mol. The van der Waals surface area contributed by atoms with Gasteiger partial charge in [-0.25, -0.2) is 0 Å². The lowest BCUT2D eigenvalue weighted by Crippen LogP contribution is -2.23. The van der Waals surface area contributed by atoms with Crippen molar-refractivity contribution in [1.82, 2.24) is 5.32 Å². The third-order valence-corrected chi connectivity index (χ3v) is 2.91. The molecule has 0 aromatic heterocycles. The van der Waals surface area contributed by atoms with Crippen LogP contribution >= 0.6 is 23.2 Å². The highest BCUT2D eigenvalue weighted by Gasteiger charge is 2.20. The molecule has 3 nitrogen and oxygen atoms in total. The molecule has 0 saturated heterocycles. The van der Waals surface area contributed by atoms with Crippen molar-refractivity contribution in [2.45, 2.75) is 18.6 Å². The van der Waals surface area contributed by atoms with Crippen LogP contribution in [-0.2, 0) is 0 Å². The molecule has 5 heteroatoms. The van der Waals surface area contributed by atoms with Crippen molar-refractivity contribution >= 4 is 23.2 Å². The molecule has 2 unspecified atom stereocenters. The maximum atomic E-state index is 9.90. The van der Waals surface area contributed by atoms with E-state index in [2.05, 4.69) is 5.32 Å². The second-order valence-corrected chi connectivity index (χ2v) is 4.41. The van der Waals surface area contributed by atoms with Crippen LogP contribution in [0.2, 0.25) is 10.0 Å². The summed E-state index contributed by atoms with van der Waals surface area (Å²) in [5, 5.41) is 23.4. The van der Waals surface area contributed by atoms with Gasteiger partial charge < -0.3 is 15.5 Å². The molecule has 0 heterocycles. The molecule has 16 heavy (non-hydrogen) atoms. The van der Waals surface area contributed by atoms with Crippen LogP contribution in [0.3, 0.4) is 0 Å². The maximum absolute atomic E-state index is 9.90. The van der Waals surface area contributed by atoms with Gasteiger partial charge in [0.2, 0.25) is 0 Å². The monoisotopic (exact) mass is 263 g/mol. The van der Waals surface area contributed by atoms with Crippen molar-refractivity contribution in [3.05, 3.63) is 33.8 Å². The van der Waals surface area contributed by atoms with E-state index in [1.54, 1.807) is 25.2 Å². The van der Waals surface area contributed by atoms with E-state index in [1.165, 1.54) is 0 Å². The minimum absolute atomic E-state index is 0.403. The third kappa shape index (κ3) is 3.61. The van der Waals surface area contributed by atoms with Gasteiger partial charge in [0.1, 0.15) is 6.10 Å². The molecule has 1 aromatic rings. The zero-order chi connectivity index (χ0) is 12.1. The highest BCUT2D eigenvalue weighted by molar-refractivity contribution is 6.33. The number of aliphatic hydroxyl groups excluding tert-OH is 2. The molecule has 0 spiro atoms. The molecular weight excluding hydrogens is 249 g/mol. The Balaban J connectivity index is 2.78. The van der Waals surface area contributed by atoms with E-state index in [9.17, 15) is 10.2 Å². The quantitative estimate of drug-likeness (QED) is 0.762. The van der Waals surface area contributed by atoms with Crippen molar-refractivity contribution in [2.75, 3.05) is 13.6 Å². The lowest BCUT2D eigenvalue weighted by Gasteiger charge is -2.19. The van der Waals surface area contributed by atoms with Gasteiger partial charge >= 0.3 is 0 Å². The van der Waals surface area contributed by atoms with Gasteiger partial charge in [0.05, 0.1) is 6.10 Å². The van der Waals surface area contributed by atoms with Gasteiger partial charge in [-0.1, -0.05) is 23.2 Å². The van der Waals surface area contributed by atoms with Crippen molar-refractivity contribution in [2.24, 2.45) is 0 Å². The van der Waals surface area contributed by atoms with Crippen LogP contribution in [0.5, 0.6) is 0 Å². The number of halogens is 2. The minimum Gasteiger partial charge on any atom is -0.390 e. The number of nitrogens with one attached hydrogen (secondary N) is 1. The van der Waals surface area contributed by atoms with Crippen LogP contribution in [0.25, 0.3) is 0 Å². The fraction of sp³-hybridized carbons (Fsp3) is 0.455. The number of benzene rings is 1. The second-order valence-electron chi connectivity index (χ2n) is 3.57. The Morgan fingerprint density at radius 3 is 2.62 bits per heavy atom. The molecule has 90 valence electrons.